The SMILES string of the molecule is CC[C@H](NC(=O)c1ccncc1)c1ccnc(C#N)c1. The Hall–Kier alpha value is -2.74. The molecule has 2 heterocycles. The van der Waals surface area contributed by atoms with Crippen molar-refractivity contribution in [3.8, 4) is 6.07 Å². The number of hydrogen-bond donors (Lipinski definition) is 1. The van der Waals surface area contributed by atoms with Crippen molar-refractivity contribution in [3.05, 3.63) is 59.7 Å². The molecule has 0 aromatic carbocycles. The molecule has 20 heavy (non-hydrogen) atoms. The molecule has 1 amide bonds. The monoisotopic (exact) mass is 266 g/mol. The van der Waals surface area contributed by atoms with Crippen LogP contribution >= 0.6 is 0 Å². The van der Waals surface area contributed by atoms with Crippen molar-refractivity contribution >= 4 is 5.91 Å². The minimum absolute atomic E-state index is 0.147. The zero-order valence-corrected chi connectivity index (χ0v) is 11.1. The number of amides is 1. The Morgan fingerprint density at radius 2 is 2.10 bits per heavy atom. The number of pyridine rings is 2. The van der Waals surface area contributed by atoms with Crippen LogP contribution in [0, 0.1) is 11.3 Å². The number of carbonyl (C=O) groups is 1. The van der Waals surface area contributed by atoms with E-state index in [1.807, 2.05) is 19.1 Å². The lowest BCUT2D eigenvalue weighted by Crippen LogP contribution is -2.28. The first-order valence-electron chi connectivity index (χ1n) is 6.31. The molecule has 1 atom stereocenters. The van der Waals surface area contributed by atoms with Gasteiger partial charge in [0.15, 0.2) is 0 Å². The molecular formula is C15H14N4O. The topological polar surface area (TPSA) is 78.7 Å². The van der Waals surface area contributed by atoms with Crippen LogP contribution in [0.4, 0.5) is 0 Å². The fourth-order valence-corrected chi connectivity index (χ4v) is 1.89. The summed E-state index contributed by atoms with van der Waals surface area (Å²) in [6, 6.07) is 8.68. The van der Waals surface area contributed by atoms with Gasteiger partial charge in [0.25, 0.3) is 5.91 Å². The van der Waals surface area contributed by atoms with Gasteiger partial charge in [-0.25, -0.2) is 4.98 Å². The second-order valence-electron chi connectivity index (χ2n) is 4.26. The Morgan fingerprint density at radius 3 is 2.75 bits per heavy atom. The summed E-state index contributed by atoms with van der Waals surface area (Å²) in [7, 11) is 0. The highest BCUT2D eigenvalue weighted by molar-refractivity contribution is 5.94. The normalized spacial score (nSPS) is 11.4. The van der Waals surface area contributed by atoms with Crippen molar-refractivity contribution in [2.24, 2.45) is 0 Å². The molecule has 5 nitrogen and oxygen atoms in total. The number of nitrogens with zero attached hydrogens (tertiary/aromatic N) is 3. The lowest BCUT2D eigenvalue weighted by molar-refractivity contribution is 0.0935. The molecule has 0 aliphatic heterocycles. The van der Waals surface area contributed by atoms with Gasteiger partial charge in [-0.2, -0.15) is 5.26 Å². The number of nitrogens with one attached hydrogen (secondary N) is 1. The van der Waals surface area contributed by atoms with Gasteiger partial charge in [0, 0.05) is 24.2 Å². The van der Waals surface area contributed by atoms with Gasteiger partial charge in [-0.05, 0) is 36.2 Å². The third kappa shape index (κ3) is 3.18. The van der Waals surface area contributed by atoms with Crippen LogP contribution in [0.15, 0.2) is 42.9 Å². The van der Waals surface area contributed by atoms with Gasteiger partial charge in [0.05, 0.1) is 6.04 Å². The van der Waals surface area contributed by atoms with E-state index in [1.165, 1.54) is 0 Å². The average Bonchev–Trinajstić information content (AvgIpc) is 2.53. The first-order valence-corrected chi connectivity index (χ1v) is 6.31. The fraction of sp³-hybridized carbons (Fsp3) is 0.200. The predicted octanol–water partition coefficient (Wildman–Crippen LogP) is 2.23. The molecule has 0 radical (unpaired) electrons. The highest BCUT2D eigenvalue weighted by Crippen LogP contribution is 2.17. The molecule has 5 heteroatoms. The Bertz CT molecular complexity index is 634. The van der Waals surface area contributed by atoms with E-state index < -0.39 is 0 Å². The van der Waals surface area contributed by atoms with Crippen LogP contribution in [0.25, 0.3) is 0 Å². The van der Waals surface area contributed by atoms with Gasteiger partial charge >= 0.3 is 0 Å². The molecule has 0 aliphatic carbocycles. The average molecular weight is 266 g/mol. The highest BCUT2D eigenvalue weighted by Gasteiger charge is 2.14. The summed E-state index contributed by atoms with van der Waals surface area (Å²) in [5.41, 5.74) is 1.79. The summed E-state index contributed by atoms with van der Waals surface area (Å²) < 4.78 is 0. The minimum Gasteiger partial charge on any atom is -0.345 e. The Labute approximate surface area is 117 Å². The molecule has 0 fully saturated rings. The van der Waals surface area contributed by atoms with Crippen LogP contribution in [0.5, 0.6) is 0 Å². The highest BCUT2D eigenvalue weighted by atomic mass is 16.1. The number of carbonyl (C=O) groups excluding carboxylic acids is 1. The molecule has 0 bridgehead atoms. The van der Waals surface area contributed by atoms with Crippen molar-refractivity contribution in [2.75, 3.05) is 0 Å². The molecule has 2 aromatic heterocycles. The molecule has 0 saturated carbocycles. The van der Waals surface area contributed by atoms with Gasteiger partial charge in [-0.15, -0.1) is 0 Å². The van der Waals surface area contributed by atoms with E-state index in [0.29, 0.717) is 11.3 Å². The molecule has 0 saturated heterocycles. The maximum atomic E-state index is 12.1. The van der Waals surface area contributed by atoms with E-state index >= 15 is 0 Å². The maximum absolute atomic E-state index is 12.1. The predicted molar refractivity (Wildman–Crippen MR) is 73.7 cm³/mol. The van der Waals surface area contributed by atoms with Crippen LogP contribution in [0.3, 0.4) is 0 Å². The van der Waals surface area contributed by atoms with Gasteiger partial charge in [0.2, 0.25) is 0 Å². The van der Waals surface area contributed by atoms with Crippen molar-refractivity contribution in [1.82, 2.24) is 15.3 Å². The Balaban J connectivity index is 2.17. The number of nitriles is 1. The van der Waals surface area contributed by atoms with Crippen LogP contribution < -0.4 is 5.32 Å². The van der Waals surface area contributed by atoms with Crippen LogP contribution in [-0.2, 0) is 0 Å². The number of rotatable bonds is 4. The lowest BCUT2D eigenvalue weighted by atomic mass is 10.0. The van der Waals surface area contributed by atoms with Crippen LogP contribution in [0.2, 0.25) is 0 Å². The van der Waals surface area contributed by atoms with Crippen LogP contribution in [-0.4, -0.2) is 15.9 Å². The first-order chi connectivity index (χ1) is 9.74. The van der Waals surface area contributed by atoms with E-state index in [4.69, 9.17) is 5.26 Å². The maximum Gasteiger partial charge on any atom is 0.251 e. The summed E-state index contributed by atoms with van der Waals surface area (Å²) in [4.78, 5) is 19.9. The minimum atomic E-state index is -0.158. The second kappa shape index (κ2) is 6.43. The van der Waals surface area contributed by atoms with Crippen molar-refractivity contribution < 1.29 is 4.79 Å². The van der Waals surface area contributed by atoms with E-state index in [-0.39, 0.29) is 11.9 Å². The summed E-state index contributed by atoms with van der Waals surface area (Å²) in [6.45, 7) is 1.98. The number of hydrogen-bond acceptors (Lipinski definition) is 4. The lowest BCUT2D eigenvalue weighted by Gasteiger charge is -2.17. The zero-order valence-electron chi connectivity index (χ0n) is 11.1. The van der Waals surface area contributed by atoms with E-state index in [2.05, 4.69) is 15.3 Å². The molecular weight excluding hydrogens is 252 g/mol. The second-order valence-corrected chi connectivity index (χ2v) is 4.26. The molecule has 0 unspecified atom stereocenters. The van der Waals surface area contributed by atoms with E-state index in [0.717, 1.165) is 12.0 Å². The molecule has 1 N–H and O–H groups in total. The third-order valence-electron chi connectivity index (χ3n) is 2.96. The summed E-state index contributed by atoms with van der Waals surface area (Å²) >= 11 is 0. The zero-order chi connectivity index (χ0) is 14.4. The van der Waals surface area contributed by atoms with E-state index in [1.54, 1.807) is 36.8 Å². The van der Waals surface area contributed by atoms with Gasteiger partial charge < -0.3 is 5.32 Å². The van der Waals surface area contributed by atoms with Crippen molar-refractivity contribution in [2.45, 2.75) is 19.4 Å². The quantitative estimate of drug-likeness (QED) is 0.920. The van der Waals surface area contributed by atoms with Crippen molar-refractivity contribution in [1.29, 1.82) is 5.26 Å². The summed E-state index contributed by atoms with van der Waals surface area (Å²) in [5.74, 6) is -0.158. The Kier molecular flexibility index (Phi) is 4.40. The largest absolute Gasteiger partial charge is 0.345 e. The third-order valence-corrected chi connectivity index (χ3v) is 2.96. The van der Waals surface area contributed by atoms with Gasteiger partial charge in [0.1, 0.15) is 11.8 Å². The van der Waals surface area contributed by atoms with Crippen molar-refractivity contribution in [3.63, 3.8) is 0 Å². The van der Waals surface area contributed by atoms with Gasteiger partial charge in [-0.1, -0.05) is 6.92 Å². The summed E-state index contributed by atoms with van der Waals surface area (Å²) in [6.07, 6.45) is 5.47. The molecule has 100 valence electrons. The first kappa shape index (κ1) is 13.7. The number of aromatic nitrogens is 2. The van der Waals surface area contributed by atoms with E-state index in [9.17, 15) is 4.79 Å². The Morgan fingerprint density at radius 1 is 1.35 bits per heavy atom. The summed E-state index contributed by atoms with van der Waals surface area (Å²) in [5, 5.41) is 11.8. The molecule has 2 rings (SSSR count). The smallest absolute Gasteiger partial charge is 0.251 e. The molecule has 0 spiro atoms. The molecule has 2 aromatic rings. The standard InChI is InChI=1S/C15H14N4O/c1-2-14(12-5-8-18-13(9-12)10-16)19-15(20)11-3-6-17-7-4-11/h3-9,14H,2H2,1H3,(H,19,20)/t14-/m0/s1. The van der Waals surface area contributed by atoms with Gasteiger partial charge in [-0.3, -0.25) is 9.78 Å². The van der Waals surface area contributed by atoms with Crippen LogP contribution in [0.1, 0.15) is 41.0 Å². The fourth-order valence-electron chi connectivity index (χ4n) is 1.89. The molecule has 0 aliphatic rings.